The Morgan fingerprint density at radius 2 is 1.50 bits per heavy atom. The maximum absolute atomic E-state index is 13.8. The number of carbonyl (C=O) groups excluding carboxylic acids is 2. The average molecular weight is 538 g/mol. The van der Waals surface area contributed by atoms with E-state index in [1.165, 1.54) is 17.0 Å². The highest BCUT2D eigenvalue weighted by Crippen LogP contribution is 2.26. The van der Waals surface area contributed by atoms with Crippen LogP contribution in [0.4, 0.5) is 5.69 Å². The molecular weight excluding hydrogens is 502 g/mol. The summed E-state index contributed by atoms with van der Waals surface area (Å²) < 4.78 is 34.0. The number of benzene rings is 3. The average Bonchev–Trinajstić information content (AvgIpc) is 2.93. The summed E-state index contributed by atoms with van der Waals surface area (Å²) in [5.74, 6) is -0.186. The molecule has 0 aliphatic rings. The number of hydrogen-bond donors (Lipinski definition) is 1. The van der Waals surface area contributed by atoms with Crippen LogP contribution in [0.2, 0.25) is 0 Å². The highest BCUT2D eigenvalue weighted by atomic mass is 32.2. The zero-order valence-corrected chi connectivity index (χ0v) is 22.9. The Bertz CT molecular complexity index is 1280. The normalized spacial score (nSPS) is 11.9. The van der Waals surface area contributed by atoms with Crippen LogP contribution >= 0.6 is 0 Å². The number of nitrogens with one attached hydrogen (secondary N) is 1. The van der Waals surface area contributed by atoms with Crippen LogP contribution in [-0.4, -0.2) is 57.4 Å². The van der Waals surface area contributed by atoms with E-state index in [0.29, 0.717) is 31.0 Å². The number of nitrogens with zero attached hydrogens (tertiary/aromatic N) is 2. The molecule has 9 heteroatoms. The number of anilines is 1. The SMILES string of the molecule is CCNC(=O)[C@@H](C)N(CCc1ccccc1)C(=O)CN(c1ccc(OCC)cc1)S(=O)(=O)c1ccccc1. The predicted molar refractivity (Wildman–Crippen MR) is 149 cm³/mol. The third-order valence-corrected chi connectivity index (χ3v) is 7.84. The molecule has 202 valence electrons. The van der Waals surface area contributed by atoms with E-state index in [9.17, 15) is 18.0 Å². The lowest BCUT2D eigenvalue weighted by molar-refractivity contribution is -0.138. The molecule has 0 heterocycles. The van der Waals surface area contributed by atoms with Crippen molar-refractivity contribution >= 4 is 27.5 Å². The van der Waals surface area contributed by atoms with Crippen molar-refractivity contribution in [3.63, 3.8) is 0 Å². The summed E-state index contributed by atoms with van der Waals surface area (Å²) in [7, 11) is -4.09. The summed E-state index contributed by atoms with van der Waals surface area (Å²) in [5, 5.41) is 2.76. The highest BCUT2D eigenvalue weighted by molar-refractivity contribution is 7.92. The lowest BCUT2D eigenvalue weighted by Crippen LogP contribution is -2.52. The van der Waals surface area contributed by atoms with Crippen LogP contribution < -0.4 is 14.4 Å². The number of ether oxygens (including phenoxy) is 1. The van der Waals surface area contributed by atoms with Crippen LogP contribution in [0.5, 0.6) is 5.75 Å². The van der Waals surface area contributed by atoms with Crippen LogP contribution in [-0.2, 0) is 26.0 Å². The molecule has 0 bridgehead atoms. The second kappa shape index (κ2) is 13.6. The minimum absolute atomic E-state index is 0.0642. The second-order valence-electron chi connectivity index (χ2n) is 8.64. The molecule has 0 saturated heterocycles. The maximum atomic E-state index is 13.8. The van der Waals surface area contributed by atoms with E-state index in [1.54, 1.807) is 56.3 Å². The van der Waals surface area contributed by atoms with Gasteiger partial charge in [0.25, 0.3) is 10.0 Å². The lowest BCUT2D eigenvalue weighted by Gasteiger charge is -2.32. The summed E-state index contributed by atoms with van der Waals surface area (Å²) in [6, 6.07) is 23.4. The molecule has 38 heavy (non-hydrogen) atoms. The van der Waals surface area contributed by atoms with Crippen LogP contribution in [0.3, 0.4) is 0 Å². The minimum atomic E-state index is -4.09. The third-order valence-electron chi connectivity index (χ3n) is 6.05. The van der Waals surface area contributed by atoms with Crippen molar-refractivity contribution in [1.82, 2.24) is 10.2 Å². The second-order valence-corrected chi connectivity index (χ2v) is 10.5. The molecule has 0 saturated carbocycles. The van der Waals surface area contributed by atoms with E-state index in [2.05, 4.69) is 5.32 Å². The molecule has 3 aromatic rings. The number of rotatable bonds is 13. The van der Waals surface area contributed by atoms with Crippen LogP contribution in [0.15, 0.2) is 89.8 Å². The first-order chi connectivity index (χ1) is 18.3. The van der Waals surface area contributed by atoms with Crippen LogP contribution in [0, 0.1) is 0 Å². The van der Waals surface area contributed by atoms with Gasteiger partial charge < -0.3 is 15.0 Å². The summed E-state index contributed by atoms with van der Waals surface area (Å²) in [4.78, 5) is 28.0. The molecule has 1 atom stereocenters. The molecule has 8 nitrogen and oxygen atoms in total. The molecule has 0 aliphatic heterocycles. The first-order valence-corrected chi connectivity index (χ1v) is 14.1. The number of hydrogen-bond acceptors (Lipinski definition) is 5. The summed E-state index contributed by atoms with van der Waals surface area (Å²) in [6.45, 7) is 6.00. The van der Waals surface area contributed by atoms with Gasteiger partial charge in [0.1, 0.15) is 18.3 Å². The molecule has 3 rings (SSSR count). The molecular formula is C29H35N3O5S. The molecule has 0 spiro atoms. The van der Waals surface area contributed by atoms with Crippen molar-refractivity contribution in [2.75, 3.05) is 30.5 Å². The van der Waals surface area contributed by atoms with Gasteiger partial charge in [0, 0.05) is 13.1 Å². The van der Waals surface area contributed by atoms with E-state index < -0.39 is 28.5 Å². The smallest absolute Gasteiger partial charge is 0.264 e. The number of likely N-dealkylation sites (N-methyl/N-ethyl adjacent to an activating group) is 1. The fourth-order valence-corrected chi connectivity index (χ4v) is 5.45. The van der Waals surface area contributed by atoms with Crippen LogP contribution in [0.1, 0.15) is 26.3 Å². The zero-order chi connectivity index (χ0) is 27.5. The van der Waals surface area contributed by atoms with Gasteiger partial charge >= 0.3 is 0 Å². The van der Waals surface area contributed by atoms with Gasteiger partial charge in [0.15, 0.2) is 0 Å². The van der Waals surface area contributed by atoms with Crippen molar-refractivity contribution in [2.24, 2.45) is 0 Å². The van der Waals surface area contributed by atoms with Gasteiger partial charge in [0.05, 0.1) is 17.2 Å². The van der Waals surface area contributed by atoms with Gasteiger partial charge in [-0.05, 0) is 69.2 Å². The van der Waals surface area contributed by atoms with Gasteiger partial charge in [-0.3, -0.25) is 13.9 Å². The quantitative estimate of drug-likeness (QED) is 0.357. The molecule has 2 amide bonds. The zero-order valence-electron chi connectivity index (χ0n) is 22.0. The first kappa shape index (κ1) is 28.7. The monoisotopic (exact) mass is 537 g/mol. The van der Waals surface area contributed by atoms with Crippen molar-refractivity contribution in [3.05, 3.63) is 90.5 Å². The predicted octanol–water partition coefficient (Wildman–Crippen LogP) is 3.88. The lowest BCUT2D eigenvalue weighted by atomic mass is 10.1. The molecule has 1 N–H and O–H groups in total. The molecule has 0 aromatic heterocycles. The summed E-state index contributed by atoms with van der Waals surface area (Å²) in [5.41, 5.74) is 1.33. The highest BCUT2D eigenvalue weighted by Gasteiger charge is 2.32. The van der Waals surface area contributed by atoms with Crippen molar-refractivity contribution in [3.8, 4) is 5.75 Å². The largest absolute Gasteiger partial charge is 0.494 e. The van der Waals surface area contributed by atoms with E-state index in [0.717, 1.165) is 9.87 Å². The molecule has 0 fully saturated rings. The Labute approximate surface area is 225 Å². The Morgan fingerprint density at radius 3 is 2.08 bits per heavy atom. The Kier molecular flexibility index (Phi) is 10.3. The Hall–Kier alpha value is -3.85. The minimum Gasteiger partial charge on any atom is -0.494 e. The number of carbonyl (C=O) groups is 2. The topological polar surface area (TPSA) is 96.0 Å². The van der Waals surface area contributed by atoms with E-state index >= 15 is 0 Å². The molecule has 0 unspecified atom stereocenters. The van der Waals surface area contributed by atoms with Crippen molar-refractivity contribution < 1.29 is 22.7 Å². The maximum Gasteiger partial charge on any atom is 0.264 e. The summed E-state index contributed by atoms with van der Waals surface area (Å²) >= 11 is 0. The van der Waals surface area contributed by atoms with Gasteiger partial charge in [-0.15, -0.1) is 0 Å². The Morgan fingerprint density at radius 1 is 0.895 bits per heavy atom. The van der Waals surface area contributed by atoms with Crippen LogP contribution in [0.25, 0.3) is 0 Å². The number of sulfonamides is 1. The Balaban J connectivity index is 1.96. The summed E-state index contributed by atoms with van der Waals surface area (Å²) in [6.07, 6.45) is 0.519. The van der Waals surface area contributed by atoms with Crippen molar-refractivity contribution in [2.45, 2.75) is 38.1 Å². The van der Waals surface area contributed by atoms with E-state index in [-0.39, 0.29) is 17.3 Å². The molecule has 0 radical (unpaired) electrons. The molecule has 0 aliphatic carbocycles. The molecule has 3 aromatic carbocycles. The van der Waals surface area contributed by atoms with Gasteiger partial charge in [-0.2, -0.15) is 0 Å². The van der Waals surface area contributed by atoms with Crippen molar-refractivity contribution in [1.29, 1.82) is 0 Å². The van der Waals surface area contributed by atoms with Gasteiger partial charge in [0.2, 0.25) is 11.8 Å². The number of amides is 2. The van der Waals surface area contributed by atoms with E-state index in [4.69, 9.17) is 4.74 Å². The third kappa shape index (κ3) is 7.35. The first-order valence-electron chi connectivity index (χ1n) is 12.7. The fourth-order valence-electron chi connectivity index (χ4n) is 4.02. The van der Waals surface area contributed by atoms with Gasteiger partial charge in [-0.25, -0.2) is 8.42 Å². The van der Waals surface area contributed by atoms with Gasteiger partial charge in [-0.1, -0.05) is 48.5 Å². The van der Waals surface area contributed by atoms with E-state index in [1.807, 2.05) is 37.3 Å². The fraction of sp³-hybridized carbons (Fsp3) is 0.310. The standard InChI is InChI=1S/C29H35N3O5S/c1-4-30-29(34)23(3)31(21-20-24-12-8-6-9-13-24)28(33)22-32(25-16-18-26(19-17-25)37-5-2)38(35,36)27-14-10-7-11-15-27/h6-19,23H,4-5,20-22H2,1-3H3,(H,30,34)/t23-/m1/s1.